The predicted octanol–water partition coefficient (Wildman–Crippen LogP) is 2.29. The summed E-state index contributed by atoms with van der Waals surface area (Å²) in [6, 6.07) is 8.00. The van der Waals surface area contributed by atoms with E-state index in [0.717, 1.165) is 43.3 Å². The lowest BCUT2D eigenvalue weighted by Crippen LogP contribution is -2.45. The molecule has 0 unspecified atom stereocenters. The van der Waals surface area contributed by atoms with Crippen LogP contribution in [0.2, 0.25) is 0 Å². The SMILES string of the molecule is Cl.NC(=O)CSc1ccccc1C(=O)N1CCC(NCC2CC2)CC1. The first-order valence-electron chi connectivity index (χ1n) is 8.66. The summed E-state index contributed by atoms with van der Waals surface area (Å²) in [5, 5.41) is 3.63. The lowest BCUT2D eigenvalue weighted by molar-refractivity contribution is -0.115. The van der Waals surface area contributed by atoms with Crippen LogP contribution in [0.1, 0.15) is 36.0 Å². The van der Waals surface area contributed by atoms with E-state index in [1.165, 1.54) is 24.6 Å². The van der Waals surface area contributed by atoms with Gasteiger partial charge in [0.15, 0.2) is 0 Å². The van der Waals surface area contributed by atoms with Crippen LogP contribution in [0.15, 0.2) is 29.2 Å². The first-order chi connectivity index (χ1) is 11.6. The van der Waals surface area contributed by atoms with Crippen molar-refractivity contribution < 1.29 is 9.59 Å². The van der Waals surface area contributed by atoms with Gasteiger partial charge in [-0.1, -0.05) is 12.1 Å². The second-order valence-electron chi connectivity index (χ2n) is 6.67. The largest absolute Gasteiger partial charge is 0.369 e. The fourth-order valence-corrected chi connectivity index (χ4v) is 3.81. The molecular weight excluding hydrogens is 358 g/mol. The maximum Gasteiger partial charge on any atom is 0.254 e. The van der Waals surface area contributed by atoms with Gasteiger partial charge in [0, 0.05) is 24.0 Å². The van der Waals surface area contributed by atoms with Crippen molar-refractivity contribution in [2.45, 2.75) is 36.6 Å². The third-order valence-corrected chi connectivity index (χ3v) is 5.76. The number of halogens is 1. The standard InChI is InChI=1S/C18H25N3O2S.ClH/c19-17(22)12-24-16-4-2-1-3-15(16)18(23)21-9-7-14(8-10-21)20-11-13-5-6-13;/h1-4,13-14,20H,5-12H2,(H2,19,22);1H. The molecule has 0 radical (unpaired) electrons. The van der Waals surface area contributed by atoms with Gasteiger partial charge in [0.05, 0.1) is 11.3 Å². The average molecular weight is 384 g/mol. The number of carbonyl (C=O) groups excluding carboxylic acids is 2. The number of benzene rings is 1. The Morgan fingerprint density at radius 2 is 1.84 bits per heavy atom. The highest BCUT2D eigenvalue weighted by Crippen LogP contribution is 2.28. The lowest BCUT2D eigenvalue weighted by atomic mass is 10.0. The van der Waals surface area contributed by atoms with Crippen molar-refractivity contribution in [3.05, 3.63) is 29.8 Å². The molecule has 0 aromatic heterocycles. The van der Waals surface area contributed by atoms with E-state index in [1.807, 2.05) is 29.2 Å². The van der Waals surface area contributed by atoms with Crippen molar-refractivity contribution in [2.24, 2.45) is 11.7 Å². The number of carbonyl (C=O) groups is 2. The number of amides is 2. The Labute approximate surface area is 159 Å². The molecule has 2 aliphatic rings. The van der Waals surface area contributed by atoms with Gasteiger partial charge in [0.25, 0.3) is 5.91 Å². The minimum Gasteiger partial charge on any atom is -0.369 e. The number of nitrogens with one attached hydrogen (secondary N) is 1. The summed E-state index contributed by atoms with van der Waals surface area (Å²) in [4.78, 5) is 26.6. The van der Waals surface area contributed by atoms with Gasteiger partial charge in [-0.2, -0.15) is 0 Å². The molecule has 5 nitrogen and oxygen atoms in total. The molecule has 3 N–H and O–H groups in total. The van der Waals surface area contributed by atoms with Gasteiger partial charge in [-0.3, -0.25) is 9.59 Å². The van der Waals surface area contributed by atoms with E-state index < -0.39 is 0 Å². The molecule has 1 heterocycles. The van der Waals surface area contributed by atoms with Crippen molar-refractivity contribution in [1.82, 2.24) is 10.2 Å². The molecular formula is C18H26ClN3O2S. The maximum absolute atomic E-state index is 12.8. The predicted molar refractivity (Wildman–Crippen MR) is 103 cm³/mol. The number of hydrogen-bond acceptors (Lipinski definition) is 4. The van der Waals surface area contributed by atoms with Crippen LogP contribution in [0.25, 0.3) is 0 Å². The fourth-order valence-electron chi connectivity index (χ4n) is 3.03. The van der Waals surface area contributed by atoms with E-state index in [-0.39, 0.29) is 30.0 Å². The number of rotatable bonds is 7. The number of piperidine rings is 1. The lowest BCUT2D eigenvalue weighted by Gasteiger charge is -2.33. The Morgan fingerprint density at radius 3 is 2.48 bits per heavy atom. The van der Waals surface area contributed by atoms with Crippen molar-refractivity contribution in [3.63, 3.8) is 0 Å². The molecule has 0 bridgehead atoms. The fraction of sp³-hybridized carbons (Fsp3) is 0.556. The third-order valence-electron chi connectivity index (χ3n) is 4.66. The topological polar surface area (TPSA) is 75.4 Å². The quantitative estimate of drug-likeness (QED) is 0.708. The van der Waals surface area contributed by atoms with Gasteiger partial charge in [-0.15, -0.1) is 24.2 Å². The highest BCUT2D eigenvalue weighted by molar-refractivity contribution is 8.00. The van der Waals surface area contributed by atoms with Crippen molar-refractivity contribution in [2.75, 3.05) is 25.4 Å². The molecule has 1 aliphatic carbocycles. The number of nitrogens with two attached hydrogens (primary N) is 1. The van der Waals surface area contributed by atoms with Crippen molar-refractivity contribution in [1.29, 1.82) is 0 Å². The van der Waals surface area contributed by atoms with Gasteiger partial charge in [0.2, 0.25) is 5.91 Å². The zero-order valence-corrected chi connectivity index (χ0v) is 15.9. The van der Waals surface area contributed by atoms with E-state index in [4.69, 9.17) is 5.73 Å². The summed E-state index contributed by atoms with van der Waals surface area (Å²) in [6.45, 7) is 2.71. The van der Waals surface area contributed by atoms with Gasteiger partial charge >= 0.3 is 0 Å². The Kier molecular flexibility index (Phi) is 7.59. The highest BCUT2D eigenvalue weighted by atomic mass is 35.5. The number of likely N-dealkylation sites (tertiary alicyclic amines) is 1. The molecule has 0 atom stereocenters. The van der Waals surface area contributed by atoms with Crippen molar-refractivity contribution in [3.8, 4) is 0 Å². The smallest absolute Gasteiger partial charge is 0.254 e. The molecule has 3 rings (SSSR count). The maximum atomic E-state index is 12.8. The molecule has 1 aromatic carbocycles. The minimum absolute atomic E-state index is 0. The third kappa shape index (κ3) is 5.90. The highest BCUT2D eigenvalue weighted by Gasteiger charge is 2.27. The van der Waals surface area contributed by atoms with Crippen LogP contribution in [0, 0.1) is 5.92 Å². The van der Waals surface area contributed by atoms with Crippen LogP contribution in [-0.4, -0.2) is 48.1 Å². The van der Waals surface area contributed by atoms with Gasteiger partial charge in [-0.05, 0) is 50.3 Å². The van der Waals surface area contributed by atoms with Crippen LogP contribution in [-0.2, 0) is 4.79 Å². The number of nitrogens with zero attached hydrogens (tertiary/aromatic N) is 1. The summed E-state index contributed by atoms with van der Waals surface area (Å²) in [7, 11) is 0. The van der Waals surface area contributed by atoms with E-state index in [1.54, 1.807) is 0 Å². The molecule has 1 saturated carbocycles. The molecule has 25 heavy (non-hydrogen) atoms. The second-order valence-corrected chi connectivity index (χ2v) is 7.69. The van der Waals surface area contributed by atoms with E-state index >= 15 is 0 Å². The molecule has 0 spiro atoms. The molecule has 1 aromatic rings. The zero-order valence-electron chi connectivity index (χ0n) is 14.3. The first kappa shape index (κ1) is 20.1. The second kappa shape index (κ2) is 9.46. The van der Waals surface area contributed by atoms with E-state index in [2.05, 4.69) is 5.32 Å². The Bertz CT molecular complexity index is 602. The normalized spacial score (nSPS) is 17.8. The van der Waals surface area contributed by atoms with Crippen LogP contribution in [0.5, 0.6) is 0 Å². The van der Waals surface area contributed by atoms with E-state index in [0.29, 0.717) is 11.6 Å². The van der Waals surface area contributed by atoms with Crippen molar-refractivity contribution >= 4 is 36.0 Å². The zero-order chi connectivity index (χ0) is 16.9. The van der Waals surface area contributed by atoms with E-state index in [9.17, 15) is 9.59 Å². The molecule has 1 saturated heterocycles. The number of hydrogen-bond donors (Lipinski definition) is 2. The summed E-state index contributed by atoms with van der Waals surface area (Å²) in [5.41, 5.74) is 5.89. The molecule has 2 fully saturated rings. The molecule has 7 heteroatoms. The Hall–Kier alpha value is -1.24. The number of thioether (sulfide) groups is 1. The van der Waals surface area contributed by atoms with Crippen LogP contribution >= 0.6 is 24.2 Å². The first-order valence-corrected chi connectivity index (χ1v) is 9.65. The molecule has 2 amide bonds. The molecule has 138 valence electrons. The average Bonchev–Trinajstić information content (AvgIpc) is 3.43. The van der Waals surface area contributed by atoms with Crippen LogP contribution in [0.4, 0.5) is 0 Å². The van der Waals surface area contributed by atoms with Crippen LogP contribution < -0.4 is 11.1 Å². The Morgan fingerprint density at radius 1 is 1.16 bits per heavy atom. The van der Waals surface area contributed by atoms with Crippen LogP contribution in [0.3, 0.4) is 0 Å². The summed E-state index contributed by atoms with van der Waals surface area (Å²) in [6.07, 6.45) is 4.75. The summed E-state index contributed by atoms with van der Waals surface area (Å²) in [5.74, 6) is 0.768. The number of primary amides is 1. The van der Waals surface area contributed by atoms with Gasteiger partial charge in [0.1, 0.15) is 0 Å². The minimum atomic E-state index is -0.371. The van der Waals surface area contributed by atoms with Gasteiger partial charge in [-0.25, -0.2) is 0 Å². The monoisotopic (exact) mass is 383 g/mol. The van der Waals surface area contributed by atoms with Gasteiger partial charge < -0.3 is 16.0 Å². The summed E-state index contributed by atoms with van der Waals surface area (Å²) >= 11 is 1.33. The summed E-state index contributed by atoms with van der Waals surface area (Å²) < 4.78 is 0. The molecule has 1 aliphatic heterocycles. The Balaban J connectivity index is 0.00000225.